The van der Waals surface area contributed by atoms with Crippen molar-refractivity contribution in [2.24, 2.45) is 0 Å². The summed E-state index contributed by atoms with van der Waals surface area (Å²) >= 11 is 0. The molecule has 3 rings (SSSR count). The van der Waals surface area contributed by atoms with Gasteiger partial charge in [-0.15, -0.1) is 0 Å². The molecule has 0 amide bonds. The first-order valence-corrected chi connectivity index (χ1v) is 33.7. The van der Waals surface area contributed by atoms with Crippen LogP contribution >= 0.6 is 15.6 Å². The van der Waals surface area contributed by atoms with Crippen molar-refractivity contribution < 1.29 is 56.1 Å². The Hall–Kier alpha value is -3.18. The Bertz CT molecular complexity index is 1790. The molecule has 3 aromatic carbocycles. The van der Waals surface area contributed by atoms with E-state index in [9.17, 15) is 18.7 Å². The lowest BCUT2D eigenvalue weighted by Crippen LogP contribution is -2.15. The molecule has 0 atom stereocenters. The summed E-state index contributed by atoms with van der Waals surface area (Å²) in [7, 11) is -7.71. The largest absolute Gasteiger partial charge is 0.474 e. The first-order valence-electron chi connectivity index (χ1n) is 30.7. The summed E-state index contributed by atoms with van der Waals surface area (Å²) in [6.07, 6.45) is 35.6. The minimum Gasteiger partial charge on any atom is -0.462 e. The molecule has 0 aliphatic rings. The zero-order valence-electron chi connectivity index (χ0n) is 49.4. The highest BCUT2D eigenvalue weighted by Crippen LogP contribution is 2.50. The molecule has 446 valence electrons. The number of phosphoric ester groups is 2. The molecule has 12 nitrogen and oxygen atoms in total. The highest BCUT2D eigenvalue weighted by atomic mass is 31.2. The average molecular weight is 1130 g/mol. The first kappa shape index (κ1) is 72.8. The molecular weight excluding hydrogens is 1020 g/mol. The summed E-state index contributed by atoms with van der Waals surface area (Å²) in [5.41, 5.74) is 3.27. The zero-order chi connectivity index (χ0) is 57.1. The molecule has 0 fully saturated rings. The van der Waals surface area contributed by atoms with Gasteiger partial charge in [0.05, 0.1) is 50.8 Å². The summed E-state index contributed by atoms with van der Waals surface area (Å²) in [6, 6.07) is 27.9. The van der Waals surface area contributed by atoms with Crippen LogP contribution in [0.15, 0.2) is 84.9 Å². The number of ether oxygens (including phenoxy) is 2. The Morgan fingerprint density at radius 3 is 0.962 bits per heavy atom. The van der Waals surface area contributed by atoms with Gasteiger partial charge in [-0.25, -0.2) is 18.7 Å². The lowest BCUT2D eigenvalue weighted by molar-refractivity contribution is 0.0450. The smallest absolute Gasteiger partial charge is 0.462 e. The third kappa shape index (κ3) is 40.9. The second-order valence-corrected chi connectivity index (χ2v) is 23.4. The van der Waals surface area contributed by atoms with Gasteiger partial charge < -0.3 is 19.3 Å². The van der Waals surface area contributed by atoms with Crippen molar-refractivity contribution in [2.45, 2.75) is 246 Å². The Morgan fingerprint density at radius 2 is 0.628 bits per heavy atom. The summed E-state index contributed by atoms with van der Waals surface area (Å²) < 4.78 is 55.5. The van der Waals surface area contributed by atoms with Crippen LogP contribution < -0.4 is 0 Å². The number of unbranched alkanes of at least 4 members (excludes halogenated alkanes) is 25. The maximum atomic E-state index is 13.0. The number of rotatable bonds is 47. The predicted octanol–water partition coefficient (Wildman–Crippen LogP) is 19.7. The van der Waals surface area contributed by atoms with Crippen molar-refractivity contribution in [1.82, 2.24) is 0 Å². The molecule has 0 aromatic heterocycles. The van der Waals surface area contributed by atoms with E-state index >= 15 is 0 Å². The average Bonchev–Trinajstić information content (AvgIpc) is 3.44. The van der Waals surface area contributed by atoms with E-state index in [2.05, 4.69) is 87.7 Å². The summed E-state index contributed by atoms with van der Waals surface area (Å²) in [5, 5.41) is 0. The number of benzene rings is 3. The molecule has 78 heavy (non-hydrogen) atoms. The third-order valence-electron chi connectivity index (χ3n) is 13.4. The molecule has 0 aliphatic heterocycles. The second kappa shape index (κ2) is 50.8. The molecule has 0 radical (unpaired) electrons. The SMILES string of the molecule is CCCCCCCCOP(=O)(OCCCCCCCC)OCCCCCCCC.CCCCCCOC(=O)c1ccccc1C(=O)OCCCCCC.O=P(O)(O)OCCCCCCCC(c1ccccc1)c1ccccc1. The first-order chi connectivity index (χ1) is 37.9. The fourth-order valence-electron chi connectivity index (χ4n) is 8.73. The van der Waals surface area contributed by atoms with E-state index < -0.39 is 27.6 Å². The van der Waals surface area contributed by atoms with Gasteiger partial charge in [-0.1, -0.05) is 268 Å². The molecule has 0 saturated heterocycles. The predicted molar refractivity (Wildman–Crippen MR) is 321 cm³/mol. The zero-order valence-corrected chi connectivity index (χ0v) is 51.2. The van der Waals surface area contributed by atoms with Crippen molar-refractivity contribution in [1.29, 1.82) is 0 Å². The van der Waals surface area contributed by atoms with Crippen LogP contribution in [0.25, 0.3) is 0 Å². The van der Waals surface area contributed by atoms with Crippen LogP contribution in [0.4, 0.5) is 0 Å². The van der Waals surface area contributed by atoms with Crippen LogP contribution in [0, 0.1) is 0 Å². The number of phosphoric acid groups is 2. The molecule has 0 spiro atoms. The molecule has 0 heterocycles. The Balaban J connectivity index is 0.000000588. The number of hydrogen-bond acceptors (Lipinski definition) is 10. The Morgan fingerprint density at radius 1 is 0.359 bits per heavy atom. The fraction of sp³-hybridized carbons (Fsp3) is 0.688. The van der Waals surface area contributed by atoms with Gasteiger partial charge in [-0.05, 0) is 68.2 Å². The molecule has 0 bridgehead atoms. The number of carbonyl (C=O) groups is 2. The van der Waals surface area contributed by atoms with Gasteiger partial charge in [-0.2, -0.15) is 0 Å². The van der Waals surface area contributed by atoms with Gasteiger partial charge in [0.25, 0.3) is 0 Å². The van der Waals surface area contributed by atoms with E-state index in [1.54, 1.807) is 24.3 Å². The number of hydrogen-bond donors (Lipinski definition) is 2. The molecule has 2 N–H and O–H groups in total. The van der Waals surface area contributed by atoms with Gasteiger partial charge in [0.2, 0.25) is 0 Å². The van der Waals surface area contributed by atoms with Crippen molar-refractivity contribution >= 4 is 27.6 Å². The summed E-state index contributed by atoms with van der Waals surface area (Å²) in [6.45, 7) is 13.2. The van der Waals surface area contributed by atoms with Crippen molar-refractivity contribution in [3.63, 3.8) is 0 Å². The van der Waals surface area contributed by atoms with E-state index in [1.165, 1.54) is 88.2 Å². The molecule has 0 saturated carbocycles. The minimum atomic E-state index is -4.31. The normalized spacial score (nSPS) is 11.4. The summed E-state index contributed by atoms with van der Waals surface area (Å²) in [5.74, 6) is -0.490. The maximum absolute atomic E-state index is 13.0. The Labute approximate surface area is 474 Å². The monoisotopic (exact) mass is 1130 g/mol. The lowest BCUT2D eigenvalue weighted by Gasteiger charge is -2.18. The van der Waals surface area contributed by atoms with Crippen LogP contribution in [0.5, 0.6) is 0 Å². The van der Waals surface area contributed by atoms with Crippen molar-refractivity contribution in [3.05, 3.63) is 107 Å². The minimum absolute atomic E-state index is 0.126. The third-order valence-corrected chi connectivity index (χ3v) is 15.4. The van der Waals surface area contributed by atoms with Crippen LogP contribution in [0.2, 0.25) is 0 Å². The Kier molecular flexibility index (Phi) is 47.4. The van der Waals surface area contributed by atoms with E-state index in [1.807, 2.05) is 12.1 Å². The maximum Gasteiger partial charge on any atom is 0.474 e. The van der Waals surface area contributed by atoms with Crippen LogP contribution in [0.1, 0.15) is 278 Å². The molecule has 0 unspecified atom stereocenters. The van der Waals surface area contributed by atoms with Crippen molar-refractivity contribution in [3.8, 4) is 0 Å². The van der Waals surface area contributed by atoms with Crippen LogP contribution in [-0.4, -0.2) is 61.4 Å². The number of carbonyl (C=O) groups excluding carboxylic acids is 2. The van der Waals surface area contributed by atoms with E-state index in [0.29, 0.717) is 45.4 Å². The highest BCUT2D eigenvalue weighted by Gasteiger charge is 2.26. The summed E-state index contributed by atoms with van der Waals surface area (Å²) in [4.78, 5) is 41.6. The standard InChI is InChI=1S/C24H51O4P.C20H27O4P.C20H30O4/c1-4-7-10-13-16-19-22-26-29(25,27-23-20-17-14-11-8-5-2)28-24-21-18-15-12-9-6-3;21-25(22,23)24-17-11-3-1-2-10-16-20(18-12-6-4-7-13-18)19-14-8-5-9-15-19;1-3-5-7-11-15-23-19(21)17-13-9-10-14-18(17)20(22)24-16-12-8-6-4-2/h4-24H2,1-3H3;4-9,12-15,20H,1-3,10-11,16-17H2,(H2,21,22,23);9-10,13-14H,3-8,11-12,15-16H2,1-2H3. The molecule has 3 aromatic rings. The van der Waals surface area contributed by atoms with Gasteiger partial charge in [0.15, 0.2) is 0 Å². The second-order valence-electron chi connectivity index (χ2n) is 20.4. The van der Waals surface area contributed by atoms with Gasteiger partial charge in [-0.3, -0.25) is 18.1 Å². The quantitative estimate of drug-likeness (QED) is 0.0313. The van der Waals surface area contributed by atoms with E-state index in [-0.39, 0.29) is 17.7 Å². The lowest BCUT2D eigenvalue weighted by atomic mass is 9.87. The van der Waals surface area contributed by atoms with Gasteiger partial charge >= 0.3 is 27.6 Å². The van der Waals surface area contributed by atoms with Gasteiger partial charge in [0.1, 0.15) is 0 Å². The van der Waals surface area contributed by atoms with Crippen molar-refractivity contribution in [2.75, 3.05) is 39.6 Å². The molecule has 0 aliphatic carbocycles. The van der Waals surface area contributed by atoms with E-state index in [4.69, 9.17) is 32.8 Å². The van der Waals surface area contributed by atoms with Gasteiger partial charge in [0, 0.05) is 5.92 Å². The van der Waals surface area contributed by atoms with Crippen LogP contribution in [0.3, 0.4) is 0 Å². The fourth-order valence-corrected chi connectivity index (χ4v) is 10.4. The van der Waals surface area contributed by atoms with Crippen LogP contribution in [-0.2, 0) is 36.7 Å². The van der Waals surface area contributed by atoms with E-state index in [0.717, 1.165) is 122 Å². The molecule has 14 heteroatoms. The highest BCUT2D eigenvalue weighted by molar-refractivity contribution is 7.48. The topological polar surface area (TPSA) is 164 Å². The molecular formula is C64H108O12P2. The number of esters is 2.